The molecule has 1 fully saturated rings. The van der Waals surface area contributed by atoms with Crippen LogP contribution < -0.4 is 5.56 Å². The van der Waals surface area contributed by atoms with Crippen molar-refractivity contribution in [2.45, 2.75) is 32.4 Å². The maximum Gasteiger partial charge on any atom is 0.267 e. The van der Waals surface area contributed by atoms with Gasteiger partial charge in [0.15, 0.2) is 5.82 Å². The Morgan fingerprint density at radius 2 is 1.92 bits per heavy atom. The van der Waals surface area contributed by atoms with E-state index in [1.54, 1.807) is 10.7 Å². The van der Waals surface area contributed by atoms with Gasteiger partial charge in [0.05, 0.1) is 18.8 Å². The lowest BCUT2D eigenvalue weighted by Crippen LogP contribution is -2.47. The van der Waals surface area contributed by atoms with Crippen LogP contribution in [0.4, 0.5) is 0 Å². The molecule has 4 rings (SSSR count). The minimum absolute atomic E-state index is 0.0337. The summed E-state index contributed by atoms with van der Waals surface area (Å²) in [6.45, 7) is 6.17. The molecule has 0 radical (unpaired) electrons. The second-order valence-corrected chi connectivity index (χ2v) is 6.50. The Morgan fingerprint density at radius 1 is 1.08 bits per heavy atom. The zero-order valence-corrected chi connectivity index (χ0v) is 13.7. The molecule has 0 N–H and O–H groups in total. The Hall–Kier alpha value is -2.06. The van der Waals surface area contributed by atoms with Crippen LogP contribution in [0.2, 0.25) is 0 Å². The van der Waals surface area contributed by atoms with E-state index in [1.165, 1.54) is 6.39 Å². The molecule has 24 heavy (non-hydrogen) atoms. The van der Waals surface area contributed by atoms with Crippen LogP contribution in [0.15, 0.2) is 21.8 Å². The van der Waals surface area contributed by atoms with Gasteiger partial charge < -0.3 is 4.52 Å². The summed E-state index contributed by atoms with van der Waals surface area (Å²) in [5, 5.41) is 8.40. The fourth-order valence-corrected chi connectivity index (χ4v) is 3.47. The first-order valence-corrected chi connectivity index (χ1v) is 8.58. The van der Waals surface area contributed by atoms with Gasteiger partial charge in [0.1, 0.15) is 0 Å². The molecule has 0 amide bonds. The van der Waals surface area contributed by atoms with E-state index in [1.807, 2.05) is 0 Å². The molecule has 8 nitrogen and oxygen atoms in total. The van der Waals surface area contributed by atoms with Gasteiger partial charge >= 0.3 is 0 Å². The summed E-state index contributed by atoms with van der Waals surface area (Å²) < 4.78 is 6.40. The number of hydrogen-bond acceptors (Lipinski definition) is 7. The van der Waals surface area contributed by atoms with Crippen molar-refractivity contribution in [2.24, 2.45) is 0 Å². The largest absolute Gasteiger partial charge is 0.343 e. The van der Waals surface area contributed by atoms with Crippen LogP contribution in [0, 0.1) is 0 Å². The first kappa shape index (κ1) is 15.5. The molecule has 0 bridgehead atoms. The van der Waals surface area contributed by atoms with Gasteiger partial charge in [-0.3, -0.25) is 14.6 Å². The number of fused-ring (bicyclic) bond motifs is 1. The van der Waals surface area contributed by atoms with Gasteiger partial charge in [-0.05, 0) is 24.8 Å². The Morgan fingerprint density at radius 3 is 2.71 bits per heavy atom. The Labute approximate surface area is 140 Å². The van der Waals surface area contributed by atoms with E-state index in [0.717, 1.165) is 75.6 Å². The summed E-state index contributed by atoms with van der Waals surface area (Å²) in [6, 6.07) is 1.78. The molecule has 2 aliphatic rings. The van der Waals surface area contributed by atoms with Crippen LogP contribution in [0.3, 0.4) is 0 Å². The number of aromatic nitrogens is 4. The molecule has 128 valence electrons. The van der Waals surface area contributed by atoms with Crippen molar-refractivity contribution in [2.75, 3.05) is 32.7 Å². The van der Waals surface area contributed by atoms with Crippen LogP contribution in [-0.4, -0.2) is 62.4 Å². The van der Waals surface area contributed by atoms with Gasteiger partial charge in [-0.15, -0.1) is 0 Å². The third kappa shape index (κ3) is 3.39. The van der Waals surface area contributed by atoms with E-state index in [2.05, 4.69) is 25.0 Å². The molecule has 3 heterocycles. The van der Waals surface area contributed by atoms with Gasteiger partial charge in [0.25, 0.3) is 5.56 Å². The van der Waals surface area contributed by atoms with Gasteiger partial charge in [-0.2, -0.15) is 10.1 Å². The standard InChI is InChI=1S/C16H22N6O2/c23-16-10-13-2-1-3-14(13)18-22(16)9-8-20-4-6-21(7-5-20)11-15-17-12-24-19-15/h10,12H,1-9,11H2. The van der Waals surface area contributed by atoms with Crippen molar-refractivity contribution >= 4 is 0 Å². The van der Waals surface area contributed by atoms with Crippen molar-refractivity contribution in [3.05, 3.63) is 39.9 Å². The van der Waals surface area contributed by atoms with E-state index in [0.29, 0.717) is 6.54 Å². The number of rotatable bonds is 5. The highest BCUT2D eigenvalue weighted by Gasteiger charge is 2.19. The zero-order chi connectivity index (χ0) is 16.4. The maximum atomic E-state index is 12.1. The molecule has 2 aromatic heterocycles. The van der Waals surface area contributed by atoms with Crippen LogP contribution in [0.5, 0.6) is 0 Å². The van der Waals surface area contributed by atoms with E-state index in [9.17, 15) is 4.79 Å². The van der Waals surface area contributed by atoms with Crippen LogP contribution in [-0.2, 0) is 25.9 Å². The highest BCUT2D eigenvalue weighted by Crippen LogP contribution is 2.16. The monoisotopic (exact) mass is 330 g/mol. The fourth-order valence-electron chi connectivity index (χ4n) is 3.47. The maximum absolute atomic E-state index is 12.1. The third-order valence-corrected chi connectivity index (χ3v) is 4.89. The van der Waals surface area contributed by atoms with Crippen LogP contribution in [0.1, 0.15) is 23.5 Å². The fraction of sp³-hybridized carbons (Fsp3) is 0.625. The SMILES string of the molecule is O=c1cc2c(nn1CCN1CCN(Cc3ncon3)CC1)CCC2. The molecule has 8 heteroatoms. The highest BCUT2D eigenvalue weighted by molar-refractivity contribution is 5.22. The van der Waals surface area contributed by atoms with Gasteiger partial charge in [-0.25, -0.2) is 4.68 Å². The van der Waals surface area contributed by atoms with Crippen LogP contribution in [0.25, 0.3) is 0 Å². The predicted octanol–water partition coefficient (Wildman–Crippen LogP) is -0.0672. The lowest BCUT2D eigenvalue weighted by molar-refractivity contribution is 0.120. The van der Waals surface area contributed by atoms with E-state index < -0.39 is 0 Å². The lowest BCUT2D eigenvalue weighted by Gasteiger charge is -2.33. The topological polar surface area (TPSA) is 80.3 Å². The second-order valence-electron chi connectivity index (χ2n) is 6.50. The van der Waals surface area contributed by atoms with Crippen molar-refractivity contribution in [1.29, 1.82) is 0 Å². The van der Waals surface area contributed by atoms with E-state index >= 15 is 0 Å². The molecule has 0 spiro atoms. The average Bonchev–Trinajstić information content (AvgIpc) is 3.25. The molecule has 1 aliphatic heterocycles. The summed E-state index contributed by atoms with van der Waals surface area (Å²) in [5.41, 5.74) is 2.29. The minimum Gasteiger partial charge on any atom is -0.343 e. The molecule has 1 aliphatic carbocycles. The smallest absolute Gasteiger partial charge is 0.267 e. The summed E-state index contributed by atoms with van der Waals surface area (Å²) in [5.74, 6) is 0.734. The summed E-state index contributed by atoms with van der Waals surface area (Å²) in [6.07, 6.45) is 4.49. The zero-order valence-electron chi connectivity index (χ0n) is 13.7. The Bertz CT molecular complexity index is 734. The van der Waals surface area contributed by atoms with Crippen molar-refractivity contribution in [3.8, 4) is 0 Å². The highest BCUT2D eigenvalue weighted by atomic mass is 16.5. The number of hydrogen-bond donors (Lipinski definition) is 0. The normalized spacial score (nSPS) is 18.8. The quantitative estimate of drug-likeness (QED) is 0.759. The number of nitrogens with zero attached hydrogens (tertiary/aromatic N) is 6. The van der Waals surface area contributed by atoms with Crippen molar-refractivity contribution in [1.82, 2.24) is 29.7 Å². The Kier molecular flexibility index (Phi) is 4.40. The number of piperazine rings is 1. The van der Waals surface area contributed by atoms with Gasteiger partial charge in [-0.1, -0.05) is 5.16 Å². The number of aryl methyl sites for hydroxylation is 2. The molecule has 0 aromatic carbocycles. The molecular weight excluding hydrogens is 308 g/mol. The summed E-state index contributed by atoms with van der Waals surface area (Å²) in [7, 11) is 0. The third-order valence-electron chi connectivity index (χ3n) is 4.89. The first-order chi connectivity index (χ1) is 11.8. The molecule has 2 aromatic rings. The van der Waals surface area contributed by atoms with E-state index in [-0.39, 0.29) is 5.56 Å². The van der Waals surface area contributed by atoms with Crippen molar-refractivity contribution < 1.29 is 4.52 Å². The van der Waals surface area contributed by atoms with Crippen molar-refractivity contribution in [3.63, 3.8) is 0 Å². The van der Waals surface area contributed by atoms with Gasteiger partial charge in [0, 0.05) is 38.8 Å². The molecule has 1 saturated heterocycles. The molecule has 0 unspecified atom stereocenters. The average molecular weight is 330 g/mol. The molecular formula is C16H22N6O2. The van der Waals surface area contributed by atoms with Gasteiger partial charge in [0.2, 0.25) is 6.39 Å². The molecule has 0 atom stereocenters. The first-order valence-electron chi connectivity index (χ1n) is 8.58. The second kappa shape index (κ2) is 6.82. The summed E-state index contributed by atoms with van der Waals surface area (Å²) >= 11 is 0. The lowest BCUT2D eigenvalue weighted by atomic mass is 10.2. The molecule has 0 saturated carbocycles. The van der Waals surface area contributed by atoms with E-state index in [4.69, 9.17) is 4.52 Å². The summed E-state index contributed by atoms with van der Waals surface area (Å²) in [4.78, 5) is 20.9. The Balaban J connectivity index is 1.28. The minimum atomic E-state index is 0.0337. The van der Waals surface area contributed by atoms with Crippen LogP contribution >= 0.6 is 0 Å². The predicted molar refractivity (Wildman–Crippen MR) is 86.5 cm³/mol.